The summed E-state index contributed by atoms with van der Waals surface area (Å²) >= 11 is 0. The van der Waals surface area contributed by atoms with Gasteiger partial charge in [0, 0.05) is 23.1 Å². The van der Waals surface area contributed by atoms with E-state index in [1.165, 1.54) is 0 Å². The first-order chi connectivity index (χ1) is 25.0. The van der Waals surface area contributed by atoms with Gasteiger partial charge >= 0.3 is 5.97 Å². The van der Waals surface area contributed by atoms with Gasteiger partial charge in [-0.3, -0.25) is 9.59 Å². The Labute approximate surface area is 314 Å². The quantitative estimate of drug-likeness (QED) is 0.0957. The molecule has 0 aliphatic carbocycles. The smallest absolute Gasteiger partial charge is 0.308 e. The van der Waals surface area contributed by atoms with Crippen molar-refractivity contribution >= 4 is 11.9 Å². The van der Waals surface area contributed by atoms with Gasteiger partial charge in [0.1, 0.15) is 17.0 Å². The summed E-state index contributed by atoms with van der Waals surface area (Å²) in [6.45, 7) is 16.1. The van der Waals surface area contributed by atoms with Crippen LogP contribution in [0, 0.1) is 5.41 Å². The number of ether oxygens (including phenoxy) is 5. The number of unbranched alkanes of at least 4 members (excludes halogenated alkanes) is 1. The highest BCUT2D eigenvalue weighted by atomic mass is 16.7. The van der Waals surface area contributed by atoms with Crippen molar-refractivity contribution < 1.29 is 33.3 Å². The Morgan fingerprint density at radius 2 is 1.49 bits per heavy atom. The highest BCUT2D eigenvalue weighted by molar-refractivity contribution is 5.83. The molecule has 0 saturated heterocycles. The Morgan fingerprint density at radius 3 is 2.19 bits per heavy atom. The Morgan fingerprint density at radius 1 is 0.774 bits per heavy atom. The number of nitrogens with zero attached hydrogens (tertiary/aromatic N) is 1. The number of carbonyl (C=O) groups is 2. The summed E-state index contributed by atoms with van der Waals surface area (Å²) in [6.07, 6.45) is 2.68. The third-order valence-corrected chi connectivity index (χ3v) is 8.64. The molecule has 5 rings (SSSR count). The summed E-state index contributed by atoms with van der Waals surface area (Å²) in [5.41, 5.74) is 3.12. The number of hydrogen-bond donors (Lipinski definition) is 1. The molecule has 9 heteroatoms. The van der Waals surface area contributed by atoms with Gasteiger partial charge in [0.25, 0.3) is 0 Å². The van der Waals surface area contributed by atoms with Gasteiger partial charge in [-0.05, 0) is 114 Å². The Hall–Kier alpha value is -5.05. The van der Waals surface area contributed by atoms with Crippen molar-refractivity contribution in [2.24, 2.45) is 5.41 Å². The monoisotopic (exact) mass is 722 g/mol. The van der Waals surface area contributed by atoms with Gasteiger partial charge in [-0.1, -0.05) is 62.4 Å². The lowest BCUT2D eigenvalue weighted by Crippen LogP contribution is -2.45. The Kier molecular flexibility index (Phi) is 12.4. The number of rotatable bonds is 15. The second-order valence-electron chi connectivity index (χ2n) is 16.2. The first-order valence-corrected chi connectivity index (χ1v) is 18.4. The highest BCUT2D eigenvalue weighted by Crippen LogP contribution is 2.37. The highest BCUT2D eigenvalue weighted by Gasteiger charge is 2.30. The molecule has 1 aromatic heterocycles. The van der Waals surface area contributed by atoms with Crippen LogP contribution >= 0.6 is 0 Å². The molecule has 0 radical (unpaired) electrons. The van der Waals surface area contributed by atoms with E-state index in [-0.39, 0.29) is 30.7 Å². The lowest BCUT2D eigenvalue weighted by molar-refractivity contribution is -0.155. The lowest BCUT2D eigenvalue weighted by Gasteiger charge is -2.28. The molecule has 4 aromatic rings. The molecule has 0 unspecified atom stereocenters. The second kappa shape index (κ2) is 16.7. The normalized spacial score (nSPS) is 13.3. The topological polar surface area (TPSA) is 105 Å². The van der Waals surface area contributed by atoms with E-state index in [9.17, 15) is 9.59 Å². The minimum Gasteiger partial charge on any atom is -0.488 e. The zero-order valence-corrected chi connectivity index (χ0v) is 32.4. The zero-order chi connectivity index (χ0) is 38.2. The third-order valence-electron chi connectivity index (χ3n) is 8.64. The van der Waals surface area contributed by atoms with E-state index >= 15 is 0 Å². The fourth-order valence-electron chi connectivity index (χ4n) is 6.01. The van der Waals surface area contributed by atoms with Crippen LogP contribution in [0.3, 0.4) is 0 Å². The van der Waals surface area contributed by atoms with Gasteiger partial charge in [-0.15, -0.1) is 0 Å². The predicted molar refractivity (Wildman–Crippen MR) is 207 cm³/mol. The van der Waals surface area contributed by atoms with Gasteiger partial charge in [-0.2, -0.15) is 0 Å². The molecule has 3 aromatic carbocycles. The van der Waals surface area contributed by atoms with E-state index in [1.807, 2.05) is 140 Å². The maximum atomic E-state index is 13.7. The van der Waals surface area contributed by atoms with E-state index in [2.05, 4.69) is 5.32 Å². The number of carbonyl (C=O) groups excluding carboxylic acids is 2. The fourth-order valence-corrected chi connectivity index (χ4v) is 6.01. The number of amides is 1. The maximum absolute atomic E-state index is 13.7. The van der Waals surface area contributed by atoms with Gasteiger partial charge in [0.15, 0.2) is 11.5 Å². The molecule has 53 heavy (non-hydrogen) atoms. The molecule has 9 nitrogen and oxygen atoms in total. The first kappa shape index (κ1) is 39.2. The van der Waals surface area contributed by atoms with Crippen LogP contribution in [-0.2, 0) is 20.7 Å². The summed E-state index contributed by atoms with van der Waals surface area (Å²) in [6, 6.07) is 27.3. The molecular weight excluding hydrogens is 668 g/mol. The molecular formula is C44H54N2O7. The van der Waals surface area contributed by atoms with E-state index in [0.29, 0.717) is 31.1 Å². The molecule has 0 bridgehead atoms. The molecule has 0 fully saturated rings. The van der Waals surface area contributed by atoms with Crippen molar-refractivity contribution in [3.63, 3.8) is 0 Å². The predicted octanol–water partition coefficient (Wildman–Crippen LogP) is 9.36. The summed E-state index contributed by atoms with van der Waals surface area (Å²) in [5.74, 6) is 2.28. The largest absolute Gasteiger partial charge is 0.488 e. The van der Waals surface area contributed by atoms with Crippen molar-refractivity contribution in [3.05, 3.63) is 90.5 Å². The van der Waals surface area contributed by atoms with Crippen LogP contribution < -0.4 is 24.3 Å². The number of aromatic nitrogens is 1. The molecule has 0 saturated carbocycles. The average molecular weight is 723 g/mol. The van der Waals surface area contributed by atoms with Gasteiger partial charge in [0.05, 0.1) is 18.7 Å². The minimum absolute atomic E-state index is 0.0659. The molecule has 1 aliphatic heterocycles. The Bertz CT molecular complexity index is 1840. The summed E-state index contributed by atoms with van der Waals surface area (Å²) < 4.78 is 28.9. The van der Waals surface area contributed by atoms with E-state index < -0.39 is 17.1 Å². The summed E-state index contributed by atoms with van der Waals surface area (Å²) in [5, 5.41) is 3.17. The van der Waals surface area contributed by atoms with Crippen molar-refractivity contribution in [1.29, 1.82) is 0 Å². The van der Waals surface area contributed by atoms with Crippen molar-refractivity contribution in [3.8, 4) is 45.5 Å². The van der Waals surface area contributed by atoms with Crippen molar-refractivity contribution in [2.45, 2.75) is 105 Å². The van der Waals surface area contributed by atoms with Gasteiger partial charge in [0.2, 0.25) is 18.6 Å². The molecule has 1 N–H and O–H groups in total. The number of hydrogen-bond acceptors (Lipinski definition) is 8. The van der Waals surface area contributed by atoms with Crippen molar-refractivity contribution in [2.75, 3.05) is 13.4 Å². The van der Waals surface area contributed by atoms with Gasteiger partial charge in [-0.25, -0.2) is 4.98 Å². The lowest BCUT2D eigenvalue weighted by atomic mass is 9.85. The average Bonchev–Trinajstić information content (AvgIpc) is 3.56. The van der Waals surface area contributed by atoms with E-state index in [4.69, 9.17) is 28.7 Å². The van der Waals surface area contributed by atoms with E-state index in [0.717, 1.165) is 52.3 Å². The molecule has 1 aliphatic rings. The number of pyridine rings is 1. The fraction of sp³-hybridized carbons (Fsp3) is 0.432. The number of fused-ring (bicyclic) bond motifs is 1. The Balaban J connectivity index is 1.19. The summed E-state index contributed by atoms with van der Waals surface area (Å²) in [7, 11) is 0. The standard InChI is InChI=1S/C44H54N2O7/c1-42(2,3)52-35-19-16-30(17-20-35)24-34(28-40(47)53-43(4,5)6)45-41(48)44(7,8)22-12-13-23-49-39-27-33(25-36(46-39)31-14-10-9-11-15-31)32-18-21-37-38(26-32)51-29-50-37/h9-11,14-21,25-27,34H,12-13,22-24,28-29H2,1-8H3,(H,45,48)/t34-/m0/s1. The van der Waals surface area contributed by atoms with Gasteiger partial charge < -0.3 is 29.0 Å². The van der Waals surface area contributed by atoms with Crippen molar-refractivity contribution in [1.82, 2.24) is 10.3 Å². The maximum Gasteiger partial charge on any atom is 0.308 e. The molecule has 2 heterocycles. The first-order valence-electron chi connectivity index (χ1n) is 18.4. The van der Waals surface area contributed by atoms with E-state index in [1.54, 1.807) is 0 Å². The van der Waals surface area contributed by atoms with Crippen LogP contribution in [0.1, 0.15) is 86.6 Å². The van der Waals surface area contributed by atoms with Crippen LogP contribution in [0.25, 0.3) is 22.4 Å². The SMILES string of the molecule is CC(C)(C)OC(=O)C[C@H](Cc1ccc(OC(C)(C)C)cc1)NC(=O)C(C)(C)CCCCOc1cc(-c2ccc3c(c2)OCO3)cc(-c2ccccc2)n1. The summed E-state index contributed by atoms with van der Waals surface area (Å²) in [4.78, 5) is 31.4. The van der Waals surface area contributed by atoms with Crippen LogP contribution in [-0.4, -0.2) is 47.5 Å². The zero-order valence-electron chi connectivity index (χ0n) is 32.4. The van der Waals surface area contributed by atoms with Crippen LogP contribution in [0.15, 0.2) is 84.9 Å². The third kappa shape index (κ3) is 12.0. The number of benzene rings is 3. The second-order valence-corrected chi connectivity index (χ2v) is 16.2. The molecule has 1 amide bonds. The molecule has 0 spiro atoms. The number of esters is 1. The molecule has 282 valence electrons. The van der Waals surface area contributed by atoms with Crippen LogP contribution in [0.2, 0.25) is 0 Å². The molecule has 1 atom stereocenters. The minimum atomic E-state index is -0.672. The van der Waals surface area contributed by atoms with Crippen LogP contribution in [0.4, 0.5) is 0 Å². The number of nitrogens with one attached hydrogen (secondary N) is 1. The van der Waals surface area contributed by atoms with Crippen LogP contribution in [0.5, 0.6) is 23.1 Å².